The molecule has 2 rings (SSSR count). The minimum absolute atomic E-state index is 0.800. The molecule has 1 heterocycles. The van der Waals surface area contributed by atoms with Gasteiger partial charge in [-0.05, 0) is 62.6 Å². The average Bonchev–Trinajstić information content (AvgIpc) is 2.55. The summed E-state index contributed by atoms with van der Waals surface area (Å²) in [6.45, 7) is 12.3. The van der Waals surface area contributed by atoms with E-state index >= 15 is 0 Å². The first kappa shape index (κ1) is 16.5. The standard InChI is InChI=1S/C18H31N3/c1-3-21(4-2)15-18-10-6-5-9-17(18)14-20-13-16-8-7-11-19-12-16/h5-6,9-10,16,19-20H,3-4,7-8,11-15H2,1-2H3. The third-order valence-electron chi connectivity index (χ3n) is 4.55. The van der Waals surface area contributed by atoms with E-state index < -0.39 is 0 Å². The van der Waals surface area contributed by atoms with Gasteiger partial charge in [-0.1, -0.05) is 38.1 Å². The van der Waals surface area contributed by atoms with E-state index in [0.29, 0.717) is 0 Å². The average molecular weight is 289 g/mol. The van der Waals surface area contributed by atoms with Gasteiger partial charge in [-0.15, -0.1) is 0 Å². The maximum atomic E-state index is 3.66. The number of hydrogen-bond donors (Lipinski definition) is 2. The number of nitrogens with one attached hydrogen (secondary N) is 2. The van der Waals surface area contributed by atoms with Crippen molar-refractivity contribution in [1.82, 2.24) is 15.5 Å². The predicted molar refractivity (Wildman–Crippen MR) is 90.4 cm³/mol. The lowest BCUT2D eigenvalue weighted by Crippen LogP contribution is -2.36. The fourth-order valence-electron chi connectivity index (χ4n) is 3.08. The van der Waals surface area contributed by atoms with Gasteiger partial charge in [-0.25, -0.2) is 0 Å². The van der Waals surface area contributed by atoms with Crippen molar-refractivity contribution >= 4 is 0 Å². The molecule has 1 aromatic rings. The van der Waals surface area contributed by atoms with Crippen LogP contribution in [0.2, 0.25) is 0 Å². The maximum absolute atomic E-state index is 3.66. The van der Waals surface area contributed by atoms with Crippen LogP contribution >= 0.6 is 0 Å². The summed E-state index contributed by atoms with van der Waals surface area (Å²) >= 11 is 0. The van der Waals surface area contributed by atoms with Crippen LogP contribution in [-0.2, 0) is 13.1 Å². The number of hydrogen-bond acceptors (Lipinski definition) is 3. The Bertz CT molecular complexity index is 395. The SMILES string of the molecule is CCN(CC)Cc1ccccc1CNCC1CCCNC1. The Labute approximate surface area is 130 Å². The molecular formula is C18H31N3. The largest absolute Gasteiger partial charge is 0.316 e. The van der Waals surface area contributed by atoms with Gasteiger partial charge in [0.15, 0.2) is 0 Å². The fraction of sp³-hybridized carbons (Fsp3) is 0.667. The Balaban J connectivity index is 1.84. The number of piperidine rings is 1. The summed E-state index contributed by atoms with van der Waals surface area (Å²) in [6.07, 6.45) is 2.69. The molecule has 1 unspecified atom stereocenters. The van der Waals surface area contributed by atoms with Crippen LogP contribution in [0, 0.1) is 5.92 Å². The molecule has 0 aromatic heterocycles. The first-order valence-corrected chi connectivity index (χ1v) is 8.54. The minimum atomic E-state index is 0.800. The lowest BCUT2D eigenvalue weighted by molar-refractivity contribution is 0.294. The van der Waals surface area contributed by atoms with E-state index in [1.54, 1.807) is 0 Å². The molecule has 0 saturated carbocycles. The van der Waals surface area contributed by atoms with Crippen LogP contribution in [0.3, 0.4) is 0 Å². The molecule has 0 amide bonds. The molecule has 0 spiro atoms. The van der Waals surface area contributed by atoms with E-state index in [9.17, 15) is 0 Å². The van der Waals surface area contributed by atoms with Crippen molar-refractivity contribution < 1.29 is 0 Å². The van der Waals surface area contributed by atoms with Gasteiger partial charge < -0.3 is 10.6 Å². The van der Waals surface area contributed by atoms with Crippen LogP contribution in [0.25, 0.3) is 0 Å². The first-order chi connectivity index (χ1) is 10.3. The topological polar surface area (TPSA) is 27.3 Å². The Kier molecular flexibility index (Phi) is 7.20. The molecule has 1 aromatic carbocycles. The highest BCUT2D eigenvalue weighted by Crippen LogP contribution is 2.13. The summed E-state index contributed by atoms with van der Waals surface area (Å²) in [5.74, 6) is 0.800. The minimum Gasteiger partial charge on any atom is -0.316 e. The summed E-state index contributed by atoms with van der Waals surface area (Å²) < 4.78 is 0. The van der Waals surface area contributed by atoms with Crippen molar-refractivity contribution in [2.24, 2.45) is 5.92 Å². The van der Waals surface area contributed by atoms with Crippen molar-refractivity contribution in [3.63, 3.8) is 0 Å². The molecule has 3 nitrogen and oxygen atoms in total. The highest BCUT2D eigenvalue weighted by molar-refractivity contribution is 5.27. The van der Waals surface area contributed by atoms with Gasteiger partial charge in [0.1, 0.15) is 0 Å². The molecule has 1 atom stereocenters. The van der Waals surface area contributed by atoms with Crippen LogP contribution in [-0.4, -0.2) is 37.6 Å². The first-order valence-electron chi connectivity index (χ1n) is 8.54. The molecule has 1 aliphatic rings. The molecule has 21 heavy (non-hydrogen) atoms. The second-order valence-corrected chi connectivity index (χ2v) is 6.07. The molecular weight excluding hydrogens is 258 g/mol. The van der Waals surface area contributed by atoms with Crippen LogP contribution in [0.4, 0.5) is 0 Å². The zero-order valence-corrected chi connectivity index (χ0v) is 13.7. The molecule has 3 heteroatoms. The maximum Gasteiger partial charge on any atom is 0.0236 e. The summed E-state index contributed by atoms with van der Waals surface area (Å²) in [6, 6.07) is 8.86. The van der Waals surface area contributed by atoms with E-state index in [0.717, 1.165) is 38.6 Å². The number of benzene rings is 1. The second kappa shape index (κ2) is 9.19. The Morgan fingerprint density at radius 1 is 1.19 bits per heavy atom. The number of nitrogens with zero attached hydrogens (tertiary/aromatic N) is 1. The van der Waals surface area contributed by atoms with Gasteiger partial charge in [-0.3, -0.25) is 4.90 Å². The van der Waals surface area contributed by atoms with Crippen LogP contribution in [0.15, 0.2) is 24.3 Å². The van der Waals surface area contributed by atoms with Gasteiger partial charge in [0, 0.05) is 13.1 Å². The molecule has 1 saturated heterocycles. The molecule has 118 valence electrons. The third kappa shape index (κ3) is 5.42. The number of rotatable bonds is 8. The smallest absolute Gasteiger partial charge is 0.0236 e. The lowest BCUT2D eigenvalue weighted by atomic mass is 9.99. The molecule has 0 bridgehead atoms. The van der Waals surface area contributed by atoms with E-state index in [1.807, 2.05) is 0 Å². The zero-order chi connectivity index (χ0) is 14.9. The highest BCUT2D eigenvalue weighted by atomic mass is 15.1. The van der Waals surface area contributed by atoms with Crippen molar-refractivity contribution in [2.45, 2.75) is 39.8 Å². The Hall–Kier alpha value is -0.900. The summed E-state index contributed by atoms with van der Waals surface area (Å²) in [5.41, 5.74) is 2.92. The van der Waals surface area contributed by atoms with Crippen molar-refractivity contribution in [2.75, 3.05) is 32.7 Å². The molecule has 2 N–H and O–H groups in total. The predicted octanol–water partition coefficient (Wildman–Crippen LogP) is 2.62. The normalized spacial score (nSPS) is 19.1. The van der Waals surface area contributed by atoms with Gasteiger partial charge in [0.25, 0.3) is 0 Å². The van der Waals surface area contributed by atoms with E-state index in [2.05, 4.69) is 53.6 Å². The fourth-order valence-corrected chi connectivity index (χ4v) is 3.08. The van der Waals surface area contributed by atoms with Gasteiger partial charge in [0.2, 0.25) is 0 Å². The van der Waals surface area contributed by atoms with E-state index in [1.165, 1.54) is 37.1 Å². The quantitative estimate of drug-likeness (QED) is 0.770. The lowest BCUT2D eigenvalue weighted by Gasteiger charge is -2.24. The van der Waals surface area contributed by atoms with Gasteiger partial charge in [-0.2, -0.15) is 0 Å². The van der Waals surface area contributed by atoms with Gasteiger partial charge >= 0.3 is 0 Å². The molecule has 0 aliphatic carbocycles. The molecule has 1 aliphatic heterocycles. The van der Waals surface area contributed by atoms with E-state index in [4.69, 9.17) is 0 Å². The Morgan fingerprint density at radius 2 is 1.95 bits per heavy atom. The monoisotopic (exact) mass is 289 g/mol. The van der Waals surface area contributed by atoms with Crippen molar-refractivity contribution in [3.8, 4) is 0 Å². The van der Waals surface area contributed by atoms with Crippen LogP contribution in [0.1, 0.15) is 37.8 Å². The van der Waals surface area contributed by atoms with Crippen LogP contribution < -0.4 is 10.6 Å². The van der Waals surface area contributed by atoms with E-state index in [-0.39, 0.29) is 0 Å². The summed E-state index contributed by atoms with van der Waals surface area (Å²) in [7, 11) is 0. The second-order valence-electron chi connectivity index (χ2n) is 6.07. The molecule has 1 fully saturated rings. The highest BCUT2D eigenvalue weighted by Gasteiger charge is 2.12. The van der Waals surface area contributed by atoms with Crippen LogP contribution in [0.5, 0.6) is 0 Å². The van der Waals surface area contributed by atoms with Crippen molar-refractivity contribution in [1.29, 1.82) is 0 Å². The Morgan fingerprint density at radius 3 is 2.62 bits per heavy atom. The van der Waals surface area contributed by atoms with Gasteiger partial charge in [0.05, 0.1) is 0 Å². The third-order valence-corrected chi connectivity index (χ3v) is 4.55. The summed E-state index contributed by atoms with van der Waals surface area (Å²) in [4.78, 5) is 2.48. The molecule has 0 radical (unpaired) electrons. The zero-order valence-electron chi connectivity index (χ0n) is 13.7. The van der Waals surface area contributed by atoms with Crippen molar-refractivity contribution in [3.05, 3.63) is 35.4 Å². The summed E-state index contributed by atoms with van der Waals surface area (Å²) in [5, 5.41) is 7.15.